The molecule has 0 aromatic heterocycles. The zero-order valence-electron chi connectivity index (χ0n) is 15.1. The minimum atomic E-state index is -0.810. The van der Waals surface area contributed by atoms with Crippen molar-refractivity contribution in [3.05, 3.63) is 35.9 Å². The molecule has 138 valence electrons. The van der Waals surface area contributed by atoms with Crippen LogP contribution in [0.25, 0.3) is 0 Å². The maximum absolute atomic E-state index is 12.4. The summed E-state index contributed by atoms with van der Waals surface area (Å²) in [5.74, 6) is -0.807. The van der Waals surface area contributed by atoms with Crippen LogP contribution in [0.4, 0.5) is 4.79 Å². The van der Waals surface area contributed by atoms with E-state index in [2.05, 4.69) is 15.4 Å². The highest BCUT2D eigenvalue weighted by molar-refractivity contribution is 5.86. The van der Waals surface area contributed by atoms with Crippen LogP contribution in [0.15, 0.2) is 30.3 Å². The summed E-state index contributed by atoms with van der Waals surface area (Å²) in [4.78, 5) is 35.5. The van der Waals surface area contributed by atoms with Gasteiger partial charge in [0.2, 0.25) is 5.91 Å². The van der Waals surface area contributed by atoms with E-state index in [1.807, 2.05) is 30.3 Å². The molecular weight excluding hydrogens is 324 g/mol. The summed E-state index contributed by atoms with van der Waals surface area (Å²) in [6, 6.07) is 8.51. The molecule has 0 bridgehead atoms. The summed E-state index contributed by atoms with van der Waals surface area (Å²) in [6.45, 7) is 5.37. The van der Waals surface area contributed by atoms with E-state index in [1.165, 1.54) is 7.11 Å². The second kappa shape index (κ2) is 9.66. The molecule has 0 unspecified atom stereocenters. The highest BCUT2D eigenvalue weighted by Gasteiger charge is 2.24. The second-order valence-corrected chi connectivity index (χ2v) is 6.51. The van der Waals surface area contributed by atoms with Crippen LogP contribution in [0.2, 0.25) is 0 Å². The van der Waals surface area contributed by atoms with Gasteiger partial charge in [0.25, 0.3) is 0 Å². The van der Waals surface area contributed by atoms with E-state index in [1.54, 1.807) is 20.8 Å². The van der Waals surface area contributed by atoms with E-state index in [0.29, 0.717) is 6.42 Å². The number of rotatable bonds is 7. The lowest BCUT2D eigenvalue weighted by molar-refractivity contribution is -0.140. The molecule has 0 fully saturated rings. The van der Waals surface area contributed by atoms with Crippen molar-refractivity contribution in [3.8, 4) is 0 Å². The van der Waals surface area contributed by atoms with E-state index in [0.717, 1.165) is 5.56 Å². The Balaban J connectivity index is 2.71. The van der Waals surface area contributed by atoms with Crippen LogP contribution >= 0.6 is 0 Å². The van der Waals surface area contributed by atoms with Gasteiger partial charge in [-0.05, 0) is 26.3 Å². The largest absolute Gasteiger partial charge is 0.469 e. The quantitative estimate of drug-likeness (QED) is 0.732. The van der Waals surface area contributed by atoms with Crippen molar-refractivity contribution in [1.82, 2.24) is 10.6 Å². The number of nitrogens with one attached hydrogen (secondary N) is 2. The average Bonchev–Trinajstić information content (AvgIpc) is 2.53. The molecule has 0 saturated heterocycles. The Hall–Kier alpha value is -2.57. The molecule has 7 heteroatoms. The van der Waals surface area contributed by atoms with Crippen LogP contribution in [0, 0.1) is 0 Å². The summed E-state index contributed by atoms with van der Waals surface area (Å²) >= 11 is 0. The predicted molar refractivity (Wildman–Crippen MR) is 92.9 cm³/mol. The third-order valence-corrected chi connectivity index (χ3v) is 3.15. The van der Waals surface area contributed by atoms with Gasteiger partial charge in [-0.2, -0.15) is 0 Å². The van der Waals surface area contributed by atoms with Crippen molar-refractivity contribution >= 4 is 18.0 Å². The van der Waals surface area contributed by atoms with E-state index < -0.39 is 29.6 Å². The highest BCUT2D eigenvalue weighted by atomic mass is 16.6. The fourth-order valence-electron chi connectivity index (χ4n) is 2.02. The Labute approximate surface area is 148 Å². The number of amides is 2. The molecule has 0 aliphatic carbocycles. The topological polar surface area (TPSA) is 93.7 Å². The summed E-state index contributed by atoms with van der Waals surface area (Å²) in [7, 11) is 1.28. The van der Waals surface area contributed by atoms with Crippen molar-refractivity contribution in [1.29, 1.82) is 0 Å². The molecule has 1 atom stereocenters. The standard InChI is InChI=1S/C18H26N2O5/c1-18(2,3)25-17(23)20-14(12-13-8-6-5-7-9-13)16(22)19-11-10-15(21)24-4/h5-9,14H,10-12H2,1-4H3,(H,19,22)(H,20,23)/t14-/m0/s1. The maximum Gasteiger partial charge on any atom is 0.408 e. The van der Waals surface area contributed by atoms with Crippen LogP contribution in [-0.4, -0.2) is 43.3 Å². The first-order valence-corrected chi connectivity index (χ1v) is 8.09. The predicted octanol–water partition coefficient (Wildman–Crippen LogP) is 1.80. The van der Waals surface area contributed by atoms with Crippen LogP contribution in [0.5, 0.6) is 0 Å². The maximum atomic E-state index is 12.4. The van der Waals surface area contributed by atoms with Gasteiger partial charge in [0.1, 0.15) is 11.6 Å². The lowest BCUT2D eigenvalue weighted by Crippen LogP contribution is -2.49. The molecule has 1 aromatic carbocycles. The SMILES string of the molecule is COC(=O)CCNC(=O)[C@H](Cc1ccccc1)NC(=O)OC(C)(C)C. The van der Waals surface area contributed by atoms with Crippen LogP contribution in [0.3, 0.4) is 0 Å². The first-order valence-electron chi connectivity index (χ1n) is 8.09. The lowest BCUT2D eigenvalue weighted by Gasteiger charge is -2.23. The van der Waals surface area contributed by atoms with Gasteiger partial charge in [-0.25, -0.2) is 4.79 Å². The monoisotopic (exact) mass is 350 g/mol. The van der Waals surface area contributed by atoms with E-state index in [4.69, 9.17) is 4.74 Å². The molecular formula is C18H26N2O5. The molecule has 7 nitrogen and oxygen atoms in total. The van der Waals surface area contributed by atoms with Gasteiger partial charge in [0.15, 0.2) is 0 Å². The first kappa shape index (κ1) is 20.5. The van der Waals surface area contributed by atoms with Crippen molar-refractivity contribution in [2.45, 2.75) is 45.3 Å². The van der Waals surface area contributed by atoms with Gasteiger partial charge in [-0.15, -0.1) is 0 Å². The number of hydrogen-bond donors (Lipinski definition) is 2. The van der Waals surface area contributed by atoms with Crippen LogP contribution in [-0.2, 0) is 25.5 Å². The fourth-order valence-corrected chi connectivity index (χ4v) is 2.02. The number of hydrogen-bond acceptors (Lipinski definition) is 5. The molecule has 25 heavy (non-hydrogen) atoms. The van der Waals surface area contributed by atoms with Crippen molar-refractivity contribution in [3.63, 3.8) is 0 Å². The smallest absolute Gasteiger partial charge is 0.408 e. The van der Waals surface area contributed by atoms with E-state index >= 15 is 0 Å². The lowest BCUT2D eigenvalue weighted by atomic mass is 10.1. The molecule has 1 aromatic rings. The molecule has 0 spiro atoms. The van der Waals surface area contributed by atoms with Crippen LogP contribution < -0.4 is 10.6 Å². The van der Waals surface area contributed by atoms with Crippen molar-refractivity contribution in [2.75, 3.05) is 13.7 Å². The zero-order chi connectivity index (χ0) is 18.9. The van der Waals surface area contributed by atoms with Crippen molar-refractivity contribution in [2.24, 2.45) is 0 Å². The Bertz CT molecular complexity index is 581. The zero-order valence-corrected chi connectivity index (χ0v) is 15.1. The summed E-state index contributed by atoms with van der Waals surface area (Å²) in [5, 5.41) is 5.21. The molecule has 0 radical (unpaired) electrons. The van der Waals surface area contributed by atoms with Gasteiger partial charge in [-0.1, -0.05) is 30.3 Å². The minimum absolute atomic E-state index is 0.0622. The number of ether oxygens (including phenoxy) is 2. The number of alkyl carbamates (subject to hydrolysis) is 1. The molecule has 1 rings (SSSR count). The van der Waals surface area contributed by atoms with Gasteiger partial charge < -0.3 is 20.1 Å². The van der Waals surface area contributed by atoms with Crippen LogP contribution in [0.1, 0.15) is 32.8 Å². The first-order chi connectivity index (χ1) is 11.7. The molecule has 2 amide bonds. The number of carbonyl (C=O) groups is 3. The molecule has 0 saturated carbocycles. The third-order valence-electron chi connectivity index (χ3n) is 3.15. The number of esters is 1. The van der Waals surface area contributed by atoms with Crippen molar-refractivity contribution < 1.29 is 23.9 Å². The second-order valence-electron chi connectivity index (χ2n) is 6.51. The van der Waals surface area contributed by atoms with Gasteiger partial charge in [-0.3, -0.25) is 9.59 Å². The summed E-state index contributed by atoms with van der Waals surface area (Å²) in [6.07, 6.45) is -0.298. The highest BCUT2D eigenvalue weighted by Crippen LogP contribution is 2.08. The Morgan fingerprint density at radius 1 is 1.12 bits per heavy atom. The average molecular weight is 350 g/mol. The molecule has 0 aliphatic heterocycles. The molecule has 2 N–H and O–H groups in total. The summed E-state index contributed by atoms with van der Waals surface area (Å²) < 4.78 is 9.74. The number of methoxy groups -OCH3 is 1. The normalized spacial score (nSPS) is 12.0. The minimum Gasteiger partial charge on any atom is -0.469 e. The van der Waals surface area contributed by atoms with E-state index in [9.17, 15) is 14.4 Å². The number of benzene rings is 1. The Kier molecular flexibility index (Phi) is 7.91. The fraction of sp³-hybridized carbons (Fsp3) is 0.500. The van der Waals surface area contributed by atoms with Gasteiger partial charge in [0, 0.05) is 13.0 Å². The Morgan fingerprint density at radius 3 is 2.32 bits per heavy atom. The van der Waals surface area contributed by atoms with Gasteiger partial charge >= 0.3 is 12.1 Å². The number of carbonyl (C=O) groups excluding carboxylic acids is 3. The Morgan fingerprint density at radius 2 is 1.76 bits per heavy atom. The molecule has 0 aliphatic rings. The van der Waals surface area contributed by atoms with Gasteiger partial charge in [0.05, 0.1) is 13.5 Å². The summed E-state index contributed by atoms with van der Waals surface area (Å²) in [5.41, 5.74) is 0.231. The molecule has 0 heterocycles. The van der Waals surface area contributed by atoms with E-state index in [-0.39, 0.29) is 13.0 Å². The third kappa shape index (κ3) is 8.74.